The summed E-state index contributed by atoms with van der Waals surface area (Å²) in [5.74, 6) is 0.830. The van der Waals surface area contributed by atoms with Crippen molar-refractivity contribution in [3.63, 3.8) is 0 Å². The lowest BCUT2D eigenvalue weighted by Crippen LogP contribution is -2.36. The molecule has 0 bridgehead atoms. The van der Waals surface area contributed by atoms with E-state index in [1.54, 1.807) is 7.11 Å². The lowest BCUT2D eigenvalue weighted by Gasteiger charge is -2.24. The Labute approximate surface area is 149 Å². The predicted molar refractivity (Wildman–Crippen MR) is 106 cm³/mol. The van der Waals surface area contributed by atoms with Gasteiger partial charge in [0.05, 0.1) is 7.11 Å². The molecular formula is C19H25N3OS. The van der Waals surface area contributed by atoms with Crippen LogP contribution in [-0.2, 0) is 0 Å². The summed E-state index contributed by atoms with van der Waals surface area (Å²) in [4.78, 5) is 2.32. The van der Waals surface area contributed by atoms with Crippen molar-refractivity contribution in [2.45, 2.75) is 13.8 Å². The highest BCUT2D eigenvalue weighted by atomic mass is 32.1. The molecule has 2 N–H and O–H groups in total. The van der Waals surface area contributed by atoms with Crippen LogP contribution in [0.25, 0.3) is 0 Å². The molecule has 24 heavy (non-hydrogen) atoms. The molecule has 0 saturated heterocycles. The van der Waals surface area contributed by atoms with Gasteiger partial charge in [-0.25, -0.2) is 0 Å². The minimum absolute atomic E-state index is 0.625. The Morgan fingerprint density at radius 2 is 1.75 bits per heavy atom. The van der Waals surface area contributed by atoms with Gasteiger partial charge in [-0.1, -0.05) is 17.7 Å². The number of ether oxygens (including phenoxy) is 1. The maximum Gasteiger partial charge on any atom is 0.170 e. The Kier molecular flexibility index (Phi) is 6.88. The van der Waals surface area contributed by atoms with Crippen molar-refractivity contribution in [2.24, 2.45) is 0 Å². The number of likely N-dealkylation sites (N-methyl/N-ethyl adjacent to an activating group) is 1. The Morgan fingerprint density at radius 3 is 2.33 bits per heavy atom. The van der Waals surface area contributed by atoms with Gasteiger partial charge in [0.15, 0.2) is 5.11 Å². The number of rotatable bonds is 7. The summed E-state index contributed by atoms with van der Waals surface area (Å²) in [7, 11) is 1.65. The summed E-state index contributed by atoms with van der Waals surface area (Å²) in [6, 6.07) is 16.3. The molecule has 0 amide bonds. The number of nitrogens with zero attached hydrogens (tertiary/aromatic N) is 1. The van der Waals surface area contributed by atoms with E-state index in [4.69, 9.17) is 17.0 Å². The zero-order valence-electron chi connectivity index (χ0n) is 14.5. The first-order chi connectivity index (χ1) is 11.6. The van der Waals surface area contributed by atoms with Crippen LogP contribution in [0.4, 0.5) is 11.4 Å². The Morgan fingerprint density at radius 1 is 1.08 bits per heavy atom. The number of anilines is 2. The summed E-state index contributed by atoms with van der Waals surface area (Å²) < 4.78 is 5.15. The average molecular weight is 343 g/mol. The van der Waals surface area contributed by atoms with Gasteiger partial charge < -0.3 is 20.3 Å². The minimum Gasteiger partial charge on any atom is -0.497 e. The Bertz CT molecular complexity index is 641. The largest absolute Gasteiger partial charge is 0.497 e. The van der Waals surface area contributed by atoms with Crippen molar-refractivity contribution < 1.29 is 4.74 Å². The predicted octanol–water partition coefficient (Wildman–Crippen LogP) is 3.82. The van der Waals surface area contributed by atoms with Crippen LogP contribution in [0.15, 0.2) is 48.5 Å². The first-order valence-corrected chi connectivity index (χ1v) is 8.53. The van der Waals surface area contributed by atoms with Gasteiger partial charge in [-0.05, 0) is 62.5 Å². The van der Waals surface area contributed by atoms with Gasteiger partial charge in [0, 0.05) is 31.0 Å². The molecule has 0 unspecified atom stereocenters. The second-order valence-corrected chi connectivity index (χ2v) is 5.93. The Hall–Kier alpha value is -2.27. The molecule has 0 saturated carbocycles. The normalized spacial score (nSPS) is 10.1. The summed E-state index contributed by atoms with van der Waals surface area (Å²) >= 11 is 5.35. The SMILES string of the molecule is CCN(CCNC(=S)Nc1ccc(OC)cc1)c1ccc(C)cc1. The van der Waals surface area contributed by atoms with Gasteiger partial charge in [-0.2, -0.15) is 0 Å². The second kappa shape index (κ2) is 9.13. The van der Waals surface area contributed by atoms with Crippen molar-refractivity contribution >= 4 is 28.7 Å². The maximum atomic E-state index is 5.35. The fraction of sp³-hybridized carbons (Fsp3) is 0.316. The fourth-order valence-corrected chi connectivity index (χ4v) is 2.60. The number of thiocarbonyl (C=S) groups is 1. The molecule has 0 spiro atoms. The van der Waals surface area contributed by atoms with E-state index in [1.165, 1.54) is 11.3 Å². The molecule has 0 radical (unpaired) electrons. The standard InChI is InChI=1S/C19H25N3OS/c1-4-22(17-9-5-15(2)6-10-17)14-13-20-19(24)21-16-7-11-18(23-3)12-8-16/h5-12H,4,13-14H2,1-3H3,(H2,20,21,24). The smallest absolute Gasteiger partial charge is 0.170 e. The third-order valence-electron chi connectivity index (χ3n) is 3.80. The highest BCUT2D eigenvalue weighted by Crippen LogP contribution is 2.15. The van der Waals surface area contributed by atoms with Gasteiger partial charge in [0.25, 0.3) is 0 Å². The van der Waals surface area contributed by atoms with E-state index in [-0.39, 0.29) is 0 Å². The van der Waals surface area contributed by atoms with Crippen LogP contribution in [0.3, 0.4) is 0 Å². The molecule has 0 aliphatic heterocycles. The highest BCUT2D eigenvalue weighted by molar-refractivity contribution is 7.80. The lowest BCUT2D eigenvalue weighted by molar-refractivity contribution is 0.415. The molecule has 5 heteroatoms. The van der Waals surface area contributed by atoms with Crippen molar-refractivity contribution in [1.82, 2.24) is 5.32 Å². The van der Waals surface area contributed by atoms with Gasteiger partial charge >= 0.3 is 0 Å². The number of benzene rings is 2. The third kappa shape index (κ3) is 5.42. The van der Waals surface area contributed by atoms with E-state index >= 15 is 0 Å². The molecule has 0 aliphatic rings. The first kappa shape index (κ1) is 18.1. The number of nitrogens with one attached hydrogen (secondary N) is 2. The monoisotopic (exact) mass is 343 g/mol. The van der Waals surface area contributed by atoms with E-state index in [2.05, 4.69) is 53.6 Å². The van der Waals surface area contributed by atoms with E-state index in [0.717, 1.165) is 31.1 Å². The van der Waals surface area contributed by atoms with Gasteiger partial charge in [-0.3, -0.25) is 0 Å². The van der Waals surface area contributed by atoms with Crippen LogP contribution in [0.5, 0.6) is 5.75 Å². The third-order valence-corrected chi connectivity index (χ3v) is 4.04. The molecule has 0 fully saturated rings. The van der Waals surface area contributed by atoms with Crippen LogP contribution < -0.4 is 20.3 Å². The van der Waals surface area contributed by atoms with Crippen LogP contribution in [0, 0.1) is 6.92 Å². The topological polar surface area (TPSA) is 36.5 Å². The molecule has 2 aromatic carbocycles. The van der Waals surface area contributed by atoms with E-state index in [0.29, 0.717) is 5.11 Å². The molecule has 128 valence electrons. The Balaban J connectivity index is 1.79. The summed E-state index contributed by atoms with van der Waals surface area (Å²) in [6.45, 7) is 6.90. The summed E-state index contributed by atoms with van der Waals surface area (Å²) in [5, 5.41) is 7.06. The van der Waals surface area contributed by atoms with Crippen LogP contribution in [0.1, 0.15) is 12.5 Å². The average Bonchev–Trinajstić information content (AvgIpc) is 2.60. The summed E-state index contributed by atoms with van der Waals surface area (Å²) in [5.41, 5.74) is 3.45. The van der Waals surface area contributed by atoms with Crippen molar-refractivity contribution in [3.05, 3.63) is 54.1 Å². The maximum absolute atomic E-state index is 5.35. The van der Waals surface area contributed by atoms with Crippen molar-refractivity contribution in [1.29, 1.82) is 0 Å². The molecule has 0 aliphatic carbocycles. The van der Waals surface area contributed by atoms with Gasteiger partial charge in [-0.15, -0.1) is 0 Å². The zero-order chi connectivity index (χ0) is 17.4. The van der Waals surface area contributed by atoms with E-state index < -0.39 is 0 Å². The first-order valence-electron chi connectivity index (χ1n) is 8.13. The molecule has 2 rings (SSSR count). The van der Waals surface area contributed by atoms with Gasteiger partial charge in [0.1, 0.15) is 5.75 Å². The zero-order valence-corrected chi connectivity index (χ0v) is 15.3. The van der Waals surface area contributed by atoms with Crippen LogP contribution >= 0.6 is 12.2 Å². The summed E-state index contributed by atoms with van der Waals surface area (Å²) in [6.07, 6.45) is 0. The number of aryl methyl sites for hydroxylation is 1. The number of hydrogen-bond donors (Lipinski definition) is 2. The molecule has 4 nitrogen and oxygen atoms in total. The molecular weight excluding hydrogens is 318 g/mol. The number of hydrogen-bond acceptors (Lipinski definition) is 3. The van der Waals surface area contributed by atoms with Crippen molar-refractivity contribution in [3.8, 4) is 5.75 Å². The van der Waals surface area contributed by atoms with Crippen LogP contribution in [-0.4, -0.2) is 31.9 Å². The van der Waals surface area contributed by atoms with Gasteiger partial charge in [0.2, 0.25) is 0 Å². The minimum atomic E-state index is 0.625. The second-order valence-electron chi connectivity index (χ2n) is 5.52. The van der Waals surface area contributed by atoms with Crippen LogP contribution in [0.2, 0.25) is 0 Å². The lowest BCUT2D eigenvalue weighted by atomic mass is 10.2. The van der Waals surface area contributed by atoms with Crippen molar-refractivity contribution in [2.75, 3.05) is 37.0 Å². The number of methoxy groups -OCH3 is 1. The van der Waals surface area contributed by atoms with E-state index in [1.807, 2.05) is 24.3 Å². The van der Waals surface area contributed by atoms with E-state index in [9.17, 15) is 0 Å². The highest BCUT2D eigenvalue weighted by Gasteiger charge is 2.04. The molecule has 0 atom stereocenters. The fourth-order valence-electron chi connectivity index (χ4n) is 2.38. The molecule has 0 aromatic heterocycles. The quantitative estimate of drug-likeness (QED) is 0.748. The molecule has 2 aromatic rings. The molecule has 0 heterocycles.